The van der Waals surface area contributed by atoms with Crippen molar-refractivity contribution in [2.24, 2.45) is 4.99 Å². The first-order valence-corrected chi connectivity index (χ1v) is 8.44. The first-order chi connectivity index (χ1) is 13.3. The van der Waals surface area contributed by atoms with E-state index < -0.39 is 17.6 Å². The average molecular weight is 396 g/mol. The summed E-state index contributed by atoms with van der Waals surface area (Å²) in [6.45, 7) is 0.786. The lowest BCUT2D eigenvalue weighted by atomic mass is 10.1. The van der Waals surface area contributed by atoms with Crippen LogP contribution in [-0.2, 0) is 12.7 Å². The summed E-state index contributed by atoms with van der Waals surface area (Å²) in [6.07, 6.45) is -4.44. The molecule has 0 bridgehead atoms. The summed E-state index contributed by atoms with van der Waals surface area (Å²) in [5.74, 6) is -0.383. The monoisotopic (exact) mass is 396 g/mol. The number of alkyl halides is 3. The quantitative estimate of drug-likeness (QED) is 0.305. The van der Waals surface area contributed by atoms with Crippen LogP contribution in [0.2, 0.25) is 0 Å². The molecule has 9 heteroatoms. The van der Waals surface area contributed by atoms with E-state index in [2.05, 4.69) is 20.9 Å². The summed E-state index contributed by atoms with van der Waals surface area (Å²) in [5.41, 5.74) is -0.188. The van der Waals surface area contributed by atoms with Crippen LogP contribution in [0.15, 0.2) is 53.5 Å². The summed E-state index contributed by atoms with van der Waals surface area (Å²) < 4.78 is 51.2. The third kappa shape index (κ3) is 6.26. The summed E-state index contributed by atoms with van der Waals surface area (Å²) in [7, 11) is 1.55. The lowest BCUT2D eigenvalue weighted by Gasteiger charge is -2.13. The Kier molecular flexibility index (Phi) is 7.36. The maximum absolute atomic E-state index is 13.6. The van der Waals surface area contributed by atoms with Gasteiger partial charge in [0.2, 0.25) is 0 Å². The van der Waals surface area contributed by atoms with Crippen molar-refractivity contribution in [1.82, 2.24) is 16.0 Å². The zero-order valence-corrected chi connectivity index (χ0v) is 15.1. The van der Waals surface area contributed by atoms with Crippen molar-refractivity contribution < 1.29 is 22.4 Å². The van der Waals surface area contributed by atoms with E-state index in [0.29, 0.717) is 18.1 Å². The number of nitrogens with zero attached hydrogens (tertiary/aromatic N) is 1. The van der Waals surface area contributed by atoms with Crippen molar-refractivity contribution in [3.8, 4) is 0 Å². The van der Waals surface area contributed by atoms with Crippen LogP contribution in [0.5, 0.6) is 0 Å². The van der Waals surface area contributed by atoms with Crippen molar-refractivity contribution in [2.75, 3.05) is 20.1 Å². The van der Waals surface area contributed by atoms with E-state index in [9.17, 15) is 22.4 Å². The van der Waals surface area contributed by atoms with E-state index in [1.807, 2.05) is 0 Å². The molecule has 0 heterocycles. The predicted octanol–water partition coefficient (Wildman–Crippen LogP) is 2.94. The first kappa shape index (κ1) is 21.2. The SMILES string of the molecule is CN=C(NCCNC(=O)c1ccc(C(F)(F)F)cc1)NCc1ccccc1F. The normalized spacial score (nSPS) is 11.8. The lowest BCUT2D eigenvalue weighted by Crippen LogP contribution is -2.41. The number of rotatable bonds is 6. The van der Waals surface area contributed by atoms with E-state index in [-0.39, 0.29) is 24.5 Å². The molecule has 0 aliphatic rings. The van der Waals surface area contributed by atoms with Gasteiger partial charge in [0.25, 0.3) is 5.91 Å². The summed E-state index contributed by atoms with van der Waals surface area (Å²) in [5, 5.41) is 8.49. The molecule has 0 aromatic heterocycles. The van der Waals surface area contributed by atoms with Gasteiger partial charge < -0.3 is 16.0 Å². The minimum absolute atomic E-state index is 0.134. The molecule has 0 atom stereocenters. The van der Waals surface area contributed by atoms with Gasteiger partial charge in [-0.1, -0.05) is 18.2 Å². The Bertz CT molecular complexity index is 819. The highest BCUT2D eigenvalue weighted by Gasteiger charge is 2.30. The zero-order chi connectivity index (χ0) is 20.6. The zero-order valence-electron chi connectivity index (χ0n) is 15.1. The van der Waals surface area contributed by atoms with E-state index in [1.54, 1.807) is 25.2 Å². The molecular weight excluding hydrogens is 376 g/mol. The van der Waals surface area contributed by atoms with Gasteiger partial charge in [-0.15, -0.1) is 0 Å². The molecule has 0 unspecified atom stereocenters. The minimum atomic E-state index is -4.44. The molecular formula is C19H20F4N4O. The van der Waals surface area contributed by atoms with Gasteiger partial charge in [-0.3, -0.25) is 9.79 Å². The van der Waals surface area contributed by atoms with E-state index >= 15 is 0 Å². The maximum atomic E-state index is 13.6. The Hall–Kier alpha value is -3.10. The smallest absolute Gasteiger partial charge is 0.355 e. The Morgan fingerprint density at radius 1 is 0.964 bits per heavy atom. The number of halogens is 4. The van der Waals surface area contributed by atoms with Gasteiger partial charge in [-0.2, -0.15) is 13.2 Å². The van der Waals surface area contributed by atoms with Crippen LogP contribution < -0.4 is 16.0 Å². The van der Waals surface area contributed by atoms with E-state index in [4.69, 9.17) is 0 Å². The van der Waals surface area contributed by atoms with Crippen LogP contribution in [0.3, 0.4) is 0 Å². The molecule has 2 aromatic carbocycles. The van der Waals surface area contributed by atoms with Gasteiger partial charge in [0, 0.05) is 37.8 Å². The Balaban J connectivity index is 1.74. The van der Waals surface area contributed by atoms with Crippen molar-refractivity contribution in [3.63, 3.8) is 0 Å². The van der Waals surface area contributed by atoms with Crippen LogP contribution in [0.25, 0.3) is 0 Å². The molecule has 0 aliphatic heterocycles. The third-order valence-corrected chi connectivity index (χ3v) is 3.81. The van der Waals surface area contributed by atoms with Gasteiger partial charge in [0.15, 0.2) is 5.96 Å². The molecule has 1 amide bonds. The number of nitrogens with one attached hydrogen (secondary N) is 3. The Morgan fingerprint density at radius 3 is 2.21 bits per heavy atom. The van der Waals surface area contributed by atoms with Gasteiger partial charge in [-0.25, -0.2) is 4.39 Å². The molecule has 2 aromatic rings. The molecule has 0 fully saturated rings. The highest BCUT2D eigenvalue weighted by Crippen LogP contribution is 2.29. The van der Waals surface area contributed by atoms with Gasteiger partial charge in [0.05, 0.1) is 5.56 Å². The standard InChI is InChI=1S/C19H20F4N4O/c1-24-18(27-12-14-4-2-3-5-16(14)20)26-11-10-25-17(28)13-6-8-15(9-7-13)19(21,22)23/h2-9H,10-12H2,1H3,(H,25,28)(H2,24,26,27). The fourth-order valence-electron chi connectivity index (χ4n) is 2.31. The molecule has 0 saturated carbocycles. The van der Waals surface area contributed by atoms with E-state index in [0.717, 1.165) is 24.3 Å². The molecule has 0 aliphatic carbocycles. The molecule has 3 N–H and O–H groups in total. The topological polar surface area (TPSA) is 65.5 Å². The predicted molar refractivity (Wildman–Crippen MR) is 98.4 cm³/mol. The van der Waals surface area contributed by atoms with Gasteiger partial charge >= 0.3 is 6.18 Å². The molecule has 150 valence electrons. The van der Waals surface area contributed by atoms with Crippen LogP contribution in [0.1, 0.15) is 21.5 Å². The largest absolute Gasteiger partial charge is 0.416 e. The number of amides is 1. The summed E-state index contributed by atoms with van der Waals surface area (Å²) in [4.78, 5) is 16.0. The number of carbonyl (C=O) groups is 1. The van der Waals surface area contributed by atoms with E-state index in [1.165, 1.54) is 6.07 Å². The van der Waals surface area contributed by atoms with Crippen molar-refractivity contribution in [2.45, 2.75) is 12.7 Å². The lowest BCUT2D eigenvalue weighted by molar-refractivity contribution is -0.137. The van der Waals surface area contributed by atoms with Crippen LogP contribution in [-0.4, -0.2) is 32.0 Å². The maximum Gasteiger partial charge on any atom is 0.416 e. The van der Waals surface area contributed by atoms with Crippen molar-refractivity contribution in [3.05, 3.63) is 71.0 Å². The molecule has 28 heavy (non-hydrogen) atoms. The number of guanidine groups is 1. The number of benzene rings is 2. The second-order valence-corrected chi connectivity index (χ2v) is 5.77. The first-order valence-electron chi connectivity index (χ1n) is 8.44. The highest BCUT2D eigenvalue weighted by molar-refractivity contribution is 5.94. The number of hydrogen-bond acceptors (Lipinski definition) is 2. The average Bonchev–Trinajstić information content (AvgIpc) is 2.68. The molecule has 0 radical (unpaired) electrons. The van der Waals surface area contributed by atoms with Gasteiger partial charge in [0.1, 0.15) is 5.82 Å². The van der Waals surface area contributed by atoms with Gasteiger partial charge in [-0.05, 0) is 30.3 Å². The Labute approximate surface area is 159 Å². The minimum Gasteiger partial charge on any atom is -0.355 e. The van der Waals surface area contributed by atoms with Crippen LogP contribution in [0, 0.1) is 5.82 Å². The van der Waals surface area contributed by atoms with Crippen molar-refractivity contribution in [1.29, 1.82) is 0 Å². The number of hydrogen-bond donors (Lipinski definition) is 3. The number of carbonyl (C=O) groups excluding carboxylic acids is 1. The third-order valence-electron chi connectivity index (χ3n) is 3.81. The highest BCUT2D eigenvalue weighted by atomic mass is 19.4. The number of aliphatic imine (C=N–C) groups is 1. The van der Waals surface area contributed by atoms with Crippen molar-refractivity contribution >= 4 is 11.9 Å². The summed E-state index contributed by atoms with van der Waals surface area (Å²) in [6, 6.07) is 10.3. The molecule has 0 saturated heterocycles. The second-order valence-electron chi connectivity index (χ2n) is 5.77. The molecule has 0 spiro atoms. The Morgan fingerprint density at radius 2 is 1.61 bits per heavy atom. The second kappa shape index (κ2) is 9.72. The fourth-order valence-corrected chi connectivity index (χ4v) is 2.31. The summed E-state index contributed by atoms with van der Waals surface area (Å²) >= 11 is 0. The molecule has 5 nitrogen and oxygen atoms in total. The van der Waals surface area contributed by atoms with Crippen LogP contribution in [0.4, 0.5) is 17.6 Å². The molecule has 2 rings (SSSR count). The van der Waals surface area contributed by atoms with Crippen LogP contribution >= 0.6 is 0 Å². The fraction of sp³-hybridized carbons (Fsp3) is 0.263.